The van der Waals surface area contributed by atoms with Crippen LogP contribution in [0.2, 0.25) is 0 Å². The number of terminal acetylenes is 1. The SMILES string of the molecule is C#CC(C)OC(=O)C1CSc2ccccc21. The Kier molecular flexibility index (Phi) is 3.21. The first-order valence-electron chi connectivity index (χ1n) is 5.10. The van der Waals surface area contributed by atoms with Gasteiger partial charge >= 0.3 is 5.97 Å². The van der Waals surface area contributed by atoms with E-state index >= 15 is 0 Å². The average molecular weight is 232 g/mol. The van der Waals surface area contributed by atoms with Crippen molar-refractivity contribution in [3.63, 3.8) is 0 Å². The maximum atomic E-state index is 11.8. The minimum absolute atomic E-state index is 0.169. The van der Waals surface area contributed by atoms with E-state index < -0.39 is 6.10 Å². The molecule has 2 rings (SSSR count). The van der Waals surface area contributed by atoms with Crippen LogP contribution in [0, 0.1) is 12.3 Å². The number of carbonyl (C=O) groups is 1. The van der Waals surface area contributed by atoms with Gasteiger partial charge in [-0.05, 0) is 18.6 Å². The number of carbonyl (C=O) groups excluding carboxylic acids is 1. The molecule has 0 saturated heterocycles. The number of rotatable bonds is 2. The van der Waals surface area contributed by atoms with Gasteiger partial charge in [0.25, 0.3) is 0 Å². The van der Waals surface area contributed by atoms with Gasteiger partial charge < -0.3 is 4.74 Å². The van der Waals surface area contributed by atoms with Gasteiger partial charge in [0.15, 0.2) is 6.10 Å². The van der Waals surface area contributed by atoms with Crippen LogP contribution in [0.5, 0.6) is 0 Å². The highest BCUT2D eigenvalue weighted by molar-refractivity contribution is 7.99. The molecule has 0 aliphatic carbocycles. The van der Waals surface area contributed by atoms with E-state index in [1.807, 2.05) is 24.3 Å². The molecule has 2 nitrogen and oxygen atoms in total. The summed E-state index contributed by atoms with van der Waals surface area (Å²) in [4.78, 5) is 13.0. The summed E-state index contributed by atoms with van der Waals surface area (Å²) in [5.41, 5.74) is 1.06. The van der Waals surface area contributed by atoms with Gasteiger partial charge in [-0.1, -0.05) is 24.1 Å². The Hall–Kier alpha value is -1.40. The first-order chi connectivity index (χ1) is 7.72. The van der Waals surface area contributed by atoms with Gasteiger partial charge in [-0.15, -0.1) is 18.2 Å². The number of ether oxygens (including phenoxy) is 1. The maximum absolute atomic E-state index is 11.8. The number of benzene rings is 1. The molecule has 1 aromatic carbocycles. The van der Waals surface area contributed by atoms with E-state index in [1.165, 1.54) is 0 Å². The monoisotopic (exact) mass is 232 g/mol. The summed E-state index contributed by atoms with van der Waals surface area (Å²) in [7, 11) is 0. The predicted octanol–water partition coefficient (Wildman–Crippen LogP) is 2.44. The molecule has 3 heteroatoms. The highest BCUT2D eigenvalue weighted by Crippen LogP contribution is 2.39. The Morgan fingerprint density at radius 3 is 3.12 bits per heavy atom. The molecule has 1 aliphatic rings. The van der Waals surface area contributed by atoms with Gasteiger partial charge in [-0.3, -0.25) is 4.79 Å². The van der Waals surface area contributed by atoms with E-state index in [0.717, 1.165) is 16.2 Å². The second kappa shape index (κ2) is 4.63. The third kappa shape index (κ3) is 2.07. The lowest BCUT2D eigenvalue weighted by molar-refractivity contribution is -0.147. The summed E-state index contributed by atoms with van der Waals surface area (Å²) in [6.45, 7) is 1.70. The second-order valence-electron chi connectivity index (χ2n) is 3.65. The molecule has 16 heavy (non-hydrogen) atoms. The predicted molar refractivity (Wildman–Crippen MR) is 64.3 cm³/mol. The topological polar surface area (TPSA) is 26.3 Å². The maximum Gasteiger partial charge on any atom is 0.315 e. The van der Waals surface area contributed by atoms with Crippen LogP contribution in [-0.2, 0) is 9.53 Å². The molecule has 1 aromatic rings. The van der Waals surface area contributed by atoms with Gasteiger partial charge in [-0.2, -0.15) is 0 Å². The summed E-state index contributed by atoms with van der Waals surface area (Å²) in [6.07, 6.45) is 4.73. The van der Waals surface area contributed by atoms with Gasteiger partial charge in [-0.25, -0.2) is 0 Å². The number of fused-ring (bicyclic) bond motifs is 1. The van der Waals surface area contributed by atoms with Crippen LogP contribution in [0.3, 0.4) is 0 Å². The van der Waals surface area contributed by atoms with Crippen molar-refractivity contribution in [2.75, 3.05) is 5.75 Å². The quantitative estimate of drug-likeness (QED) is 0.578. The Balaban J connectivity index is 2.14. The van der Waals surface area contributed by atoms with E-state index in [0.29, 0.717) is 0 Å². The fraction of sp³-hybridized carbons (Fsp3) is 0.308. The molecule has 0 aromatic heterocycles. The summed E-state index contributed by atoms with van der Waals surface area (Å²) in [5.74, 6) is 2.75. The van der Waals surface area contributed by atoms with E-state index in [-0.39, 0.29) is 11.9 Å². The number of hydrogen-bond donors (Lipinski definition) is 0. The molecule has 0 bridgehead atoms. The summed E-state index contributed by atoms with van der Waals surface area (Å²) < 4.78 is 5.15. The molecular weight excluding hydrogens is 220 g/mol. The van der Waals surface area contributed by atoms with Gasteiger partial charge in [0.2, 0.25) is 0 Å². The zero-order valence-corrected chi connectivity index (χ0v) is 9.79. The van der Waals surface area contributed by atoms with Crippen molar-refractivity contribution in [3.05, 3.63) is 29.8 Å². The summed E-state index contributed by atoms with van der Waals surface area (Å²) >= 11 is 1.69. The fourth-order valence-corrected chi connectivity index (χ4v) is 2.86. The molecule has 1 heterocycles. The number of esters is 1. The lowest BCUT2D eigenvalue weighted by atomic mass is 10.0. The molecule has 0 spiro atoms. The van der Waals surface area contributed by atoms with Gasteiger partial charge in [0.1, 0.15) is 0 Å². The molecule has 0 fully saturated rings. The highest BCUT2D eigenvalue weighted by atomic mass is 32.2. The third-order valence-corrected chi connectivity index (χ3v) is 3.69. The molecular formula is C13H12O2S. The Morgan fingerprint density at radius 1 is 1.62 bits per heavy atom. The van der Waals surface area contributed by atoms with Gasteiger partial charge in [0, 0.05) is 10.6 Å². The fourth-order valence-electron chi connectivity index (χ4n) is 1.65. The van der Waals surface area contributed by atoms with Gasteiger partial charge in [0.05, 0.1) is 5.92 Å². The Labute approximate surface area is 99.4 Å². The Morgan fingerprint density at radius 2 is 2.38 bits per heavy atom. The highest BCUT2D eigenvalue weighted by Gasteiger charge is 2.30. The Bertz CT molecular complexity index is 447. The zero-order valence-electron chi connectivity index (χ0n) is 8.97. The van der Waals surface area contributed by atoms with Crippen LogP contribution in [-0.4, -0.2) is 17.8 Å². The largest absolute Gasteiger partial charge is 0.449 e. The molecule has 82 valence electrons. The van der Waals surface area contributed by atoms with Crippen molar-refractivity contribution in [2.24, 2.45) is 0 Å². The smallest absolute Gasteiger partial charge is 0.315 e. The molecule has 2 unspecified atom stereocenters. The normalized spacial score (nSPS) is 19.6. The van der Waals surface area contributed by atoms with Crippen LogP contribution in [0.4, 0.5) is 0 Å². The second-order valence-corrected chi connectivity index (χ2v) is 4.71. The lowest BCUT2D eigenvalue weighted by Crippen LogP contribution is -2.20. The zero-order chi connectivity index (χ0) is 11.5. The minimum atomic E-state index is -0.453. The van der Waals surface area contributed by atoms with Crippen LogP contribution < -0.4 is 0 Å². The first-order valence-corrected chi connectivity index (χ1v) is 6.09. The van der Waals surface area contributed by atoms with Crippen molar-refractivity contribution in [3.8, 4) is 12.3 Å². The lowest BCUT2D eigenvalue weighted by Gasteiger charge is -2.12. The van der Waals surface area contributed by atoms with E-state index in [9.17, 15) is 4.79 Å². The molecule has 2 atom stereocenters. The first kappa shape index (κ1) is 11.1. The van der Waals surface area contributed by atoms with Crippen LogP contribution in [0.15, 0.2) is 29.2 Å². The summed E-state index contributed by atoms with van der Waals surface area (Å²) in [6, 6.07) is 7.92. The van der Waals surface area contributed by atoms with Crippen molar-refractivity contribution in [2.45, 2.75) is 23.8 Å². The molecule has 0 N–H and O–H groups in total. The van der Waals surface area contributed by atoms with Crippen LogP contribution in [0.25, 0.3) is 0 Å². The molecule has 0 amide bonds. The van der Waals surface area contributed by atoms with Crippen molar-refractivity contribution in [1.82, 2.24) is 0 Å². The average Bonchev–Trinajstić information content (AvgIpc) is 2.72. The standard InChI is InChI=1S/C13H12O2S/c1-3-9(2)15-13(14)11-8-16-12-7-5-4-6-10(11)12/h1,4-7,9,11H,8H2,2H3. The minimum Gasteiger partial charge on any atom is -0.449 e. The van der Waals surface area contributed by atoms with E-state index in [1.54, 1.807) is 18.7 Å². The van der Waals surface area contributed by atoms with Crippen molar-refractivity contribution >= 4 is 17.7 Å². The summed E-state index contributed by atoms with van der Waals surface area (Å²) in [5, 5.41) is 0. The van der Waals surface area contributed by atoms with E-state index in [2.05, 4.69) is 5.92 Å². The van der Waals surface area contributed by atoms with E-state index in [4.69, 9.17) is 11.2 Å². The van der Waals surface area contributed by atoms with Crippen LogP contribution in [0.1, 0.15) is 18.4 Å². The molecule has 0 radical (unpaired) electrons. The number of hydrogen-bond acceptors (Lipinski definition) is 3. The molecule has 0 saturated carbocycles. The van der Waals surface area contributed by atoms with Crippen molar-refractivity contribution in [1.29, 1.82) is 0 Å². The number of thioether (sulfide) groups is 1. The van der Waals surface area contributed by atoms with Crippen molar-refractivity contribution < 1.29 is 9.53 Å². The van der Waals surface area contributed by atoms with Crippen LogP contribution >= 0.6 is 11.8 Å². The molecule has 1 aliphatic heterocycles. The third-order valence-electron chi connectivity index (χ3n) is 2.51.